The van der Waals surface area contributed by atoms with Gasteiger partial charge in [0.2, 0.25) is 0 Å². The maximum Gasteiger partial charge on any atom is 0.263 e. The molecule has 0 saturated carbocycles. The third-order valence-corrected chi connectivity index (χ3v) is 5.35. The van der Waals surface area contributed by atoms with Gasteiger partial charge >= 0.3 is 0 Å². The van der Waals surface area contributed by atoms with Gasteiger partial charge in [-0.3, -0.25) is 14.6 Å². The Morgan fingerprint density at radius 1 is 1.23 bits per heavy atom. The van der Waals surface area contributed by atoms with Gasteiger partial charge in [0.15, 0.2) is 0 Å². The van der Waals surface area contributed by atoms with Crippen molar-refractivity contribution >= 4 is 47.3 Å². The van der Waals surface area contributed by atoms with E-state index in [-0.39, 0.29) is 41.8 Å². The van der Waals surface area contributed by atoms with Crippen molar-refractivity contribution in [3.63, 3.8) is 0 Å². The van der Waals surface area contributed by atoms with Gasteiger partial charge in [-0.25, -0.2) is 0 Å². The van der Waals surface area contributed by atoms with Crippen LogP contribution in [0.2, 0.25) is 0 Å². The summed E-state index contributed by atoms with van der Waals surface area (Å²) in [5.41, 5.74) is 2.10. The SMILES string of the molecule is Cc1ccn(CC2CCCNC2)c(=O)c1C(=O)Nc1cccc2ncccc12.Cl.Cl. The number of hydrogen-bond acceptors (Lipinski definition) is 4. The number of aryl methyl sites for hydroxylation is 1. The van der Waals surface area contributed by atoms with Crippen LogP contribution in [-0.2, 0) is 6.54 Å². The molecule has 2 N–H and O–H groups in total. The lowest BCUT2D eigenvalue weighted by molar-refractivity contribution is 0.102. The smallest absolute Gasteiger partial charge is 0.263 e. The number of nitrogens with zero attached hydrogens (tertiary/aromatic N) is 2. The summed E-state index contributed by atoms with van der Waals surface area (Å²) >= 11 is 0. The minimum absolute atomic E-state index is 0. The molecule has 6 nitrogen and oxygen atoms in total. The molecule has 0 spiro atoms. The second-order valence-corrected chi connectivity index (χ2v) is 7.37. The number of rotatable bonds is 4. The van der Waals surface area contributed by atoms with Crippen LogP contribution >= 0.6 is 24.8 Å². The minimum atomic E-state index is -0.380. The molecule has 4 rings (SSSR count). The zero-order valence-electron chi connectivity index (χ0n) is 16.8. The standard InChI is InChI=1S/C22H24N4O2.2ClH/c1-15-9-12-26(14-16-5-3-10-23-13-16)22(28)20(15)21(27)25-19-8-2-7-18-17(19)6-4-11-24-18;;/h2,4,6-9,11-12,16,23H,3,5,10,13-14H2,1H3,(H,25,27);2*1H. The molecule has 2 aromatic heterocycles. The van der Waals surface area contributed by atoms with E-state index in [1.165, 1.54) is 0 Å². The third-order valence-electron chi connectivity index (χ3n) is 5.35. The Bertz CT molecular complexity index is 1070. The monoisotopic (exact) mass is 448 g/mol. The summed E-state index contributed by atoms with van der Waals surface area (Å²) in [6.45, 7) is 4.37. The van der Waals surface area contributed by atoms with Gasteiger partial charge in [0, 0.05) is 24.3 Å². The van der Waals surface area contributed by atoms with Crippen LogP contribution in [-0.4, -0.2) is 28.5 Å². The second kappa shape index (κ2) is 10.6. The summed E-state index contributed by atoms with van der Waals surface area (Å²) in [6, 6.07) is 11.1. The van der Waals surface area contributed by atoms with Gasteiger partial charge in [-0.05, 0) is 74.7 Å². The number of halogens is 2. The van der Waals surface area contributed by atoms with Crippen molar-refractivity contribution in [3.05, 3.63) is 70.3 Å². The van der Waals surface area contributed by atoms with Crippen LogP contribution in [0.15, 0.2) is 53.6 Å². The molecule has 8 heteroatoms. The molecule has 1 aromatic carbocycles. The van der Waals surface area contributed by atoms with Crippen LogP contribution in [0.5, 0.6) is 0 Å². The first-order chi connectivity index (χ1) is 13.6. The summed E-state index contributed by atoms with van der Waals surface area (Å²) < 4.78 is 1.67. The number of nitrogens with one attached hydrogen (secondary N) is 2. The van der Waals surface area contributed by atoms with Crippen molar-refractivity contribution in [3.8, 4) is 0 Å². The highest BCUT2D eigenvalue weighted by Gasteiger charge is 2.19. The van der Waals surface area contributed by atoms with Gasteiger partial charge in [0.25, 0.3) is 11.5 Å². The first kappa shape index (κ1) is 23.9. The lowest BCUT2D eigenvalue weighted by Crippen LogP contribution is -2.36. The molecule has 3 heterocycles. The molecule has 0 aliphatic carbocycles. The fraction of sp³-hybridized carbons (Fsp3) is 0.318. The van der Waals surface area contributed by atoms with E-state index < -0.39 is 0 Å². The number of anilines is 1. The Morgan fingerprint density at radius 3 is 2.83 bits per heavy atom. The summed E-state index contributed by atoms with van der Waals surface area (Å²) in [7, 11) is 0. The zero-order valence-corrected chi connectivity index (χ0v) is 18.4. The summed E-state index contributed by atoms with van der Waals surface area (Å²) in [5.74, 6) is 0.0316. The molecule has 3 aromatic rings. The number of pyridine rings is 2. The summed E-state index contributed by atoms with van der Waals surface area (Å²) in [4.78, 5) is 30.3. The normalized spacial score (nSPS) is 15.7. The van der Waals surface area contributed by atoms with Crippen LogP contribution in [0.1, 0.15) is 28.8 Å². The molecular formula is C22H26Cl2N4O2. The molecule has 1 atom stereocenters. The second-order valence-electron chi connectivity index (χ2n) is 7.37. The Hall–Kier alpha value is -2.41. The van der Waals surface area contributed by atoms with Gasteiger partial charge in [-0.1, -0.05) is 6.07 Å². The summed E-state index contributed by atoms with van der Waals surface area (Å²) in [6.07, 6.45) is 5.73. The first-order valence-corrected chi connectivity index (χ1v) is 9.69. The van der Waals surface area contributed by atoms with Gasteiger partial charge in [-0.15, -0.1) is 24.8 Å². The van der Waals surface area contributed by atoms with Crippen LogP contribution < -0.4 is 16.2 Å². The van der Waals surface area contributed by atoms with E-state index in [2.05, 4.69) is 15.6 Å². The average Bonchev–Trinajstić information content (AvgIpc) is 2.71. The van der Waals surface area contributed by atoms with Gasteiger partial charge in [0.05, 0.1) is 11.2 Å². The number of benzene rings is 1. The lowest BCUT2D eigenvalue weighted by atomic mass is 9.99. The fourth-order valence-corrected chi connectivity index (χ4v) is 3.84. The van der Waals surface area contributed by atoms with Gasteiger partial charge in [0.1, 0.15) is 5.56 Å². The van der Waals surface area contributed by atoms with Crippen molar-refractivity contribution in [2.24, 2.45) is 5.92 Å². The quantitative estimate of drug-likeness (QED) is 0.636. The molecule has 1 unspecified atom stereocenters. The van der Waals surface area contributed by atoms with Gasteiger partial charge in [-0.2, -0.15) is 0 Å². The van der Waals surface area contributed by atoms with E-state index in [0.29, 0.717) is 23.7 Å². The number of aromatic nitrogens is 2. The van der Waals surface area contributed by atoms with Crippen molar-refractivity contribution in [1.82, 2.24) is 14.9 Å². The number of hydrogen-bond donors (Lipinski definition) is 2. The van der Waals surface area contributed by atoms with E-state index in [4.69, 9.17) is 0 Å². The Kier molecular flexibility index (Phi) is 8.41. The number of piperidine rings is 1. The molecule has 1 fully saturated rings. The Morgan fingerprint density at radius 2 is 2.07 bits per heavy atom. The summed E-state index contributed by atoms with van der Waals surface area (Å²) in [5, 5.41) is 7.13. The topological polar surface area (TPSA) is 76.0 Å². The number of carbonyl (C=O) groups excluding carboxylic acids is 1. The molecule has 1 amide bonds. The van der Waals surface area contributed by atoms with Crippen molar-refractivity contribution in [2.45, 2.75) is 26.3 Å². The zero-order chi connectivity index (χ0) is 19.5. The lowest BCUT2D eigenvalue weighted by Gasteiger charge is -2.23. The highest BCUT2D eigenvalue weighted by atomic mass is 35.5. The Balaban J connectivity index is 0.00000160. The minimum Gasteiger partial charge on any atom is -0.321 e. The van der Waals surface area contributed by atoms with E-state index in [1.807, 2.05) is 36.4 Å². The molecule has 30 heavy (non-hydrogen) atoms. The number of carbonyl (C=O) groups is 1. The van der Waals surface area contributed by atoms with Crippen LogP contribution in [0.25, 0.3) is 10.9 Å². The first-order valence-electron chi connectivity index (χ1n) is 9.69. The van der Waals surface area contributed by atoms with E-state index >= 15 is 0 Å². The average molecular weight is 449 g/mol. The predicted octanol–water partition coefficient (Wildman–Crippen LogP) is 3.80. The van der Waals surface area contributed by atoms with Gasteiger partial charge < -0.3 is 15.2 Å². The third kappa shape index (κ3) is 5.01. The maximum atomic E-state index is 13.0. The highest BCUT2D eigenvalue weighted by Crippen LogP contribution is 2.22. The maximum absolute atomic E-state index is 13.0. The molecular weight excluding hydrogens is 423 g/mol. The van der Waals surface area contributed by atoms with E-state index in [9.17, 15) is 9.59 Å². The van der Waals surface area contributed by atoms with E-state index in [0.717, 1.165) is 36.8 Å². The molecule has 1 aliphatic rings. The number of fused-ring (bicyclic) bond motifs is 1. The molecule has 1 saturated heterocycles. The Labute approximate surface area is 187 Å². The molecule has 160 valence electrons. The van der Waals surface area contributed by atoms with Crippen LogP contribution in [0.4, 0.5) is 5.69 Å². The predicted molar refractivity (Wildman–Crippen MR) is 125 cm³/mol. The molecule has 0 bridgehead atoms. The van der Waals surface area contributed by atoms with Crippen LogP contribution in [0, 0.1) is 12.8 Å². The van der Waals surface area contributed by atoms with Crippen molar-refractivity contribution < 1.29 is 4.79 Å². The van der Waals surface area contributed by atoms with Crippen molar-refractivity contribution in [2.75, 3.05) is 18.4 Å². The van der Waals surface area contributed by atoms with E-state index in [1.54, 1.807) is 23.9 Å². The van der Waals surface area contributed by atoms with Crippen LogP contribution in [0.3, 0.4) is 0 Å². The number of amides is 1. The highest BCUT2D eigenvalue weighted by molar-refractivity contribution is 6.09. The largest absolute Gasteiger partial charge is 0.321 e. The van der Waals surface area contributed by atoms with Crippen molar-refractivity contribution in [1.29, 1.82) is 0 Å². The molecule has 0 radical (unpaired) electrons. The fourth-order valence-electron chi connectivity index (χ4n) is 3.84. The molecule has 1 aliphatic heterocycles.